The van der Waals surface area contributed by atoms with E-state index in [0.717, 1.165) is 39.0 Å². The zero-order chi connectivity index (χ0) is 8.86. The van der Waals surface area contributed by atoms with Gasteiger partial charge >= 0.3 is 0 Å². The fraction of sp³-hybridized carbons (Fsp3) is 1.00. The van der Waals surface area contributed by atoms with E-state index in [2.05, 4.69) is 12.2 Å². The van der Waals surface area contributed by atoms with E-state index in [4.69, 9.17) is 9.84 Å². The lowest BCUT2D eigenvalue weighted by molar-refractivity contribution is -0.0678. The summed E-state index contributed by atoms with van der Waals surface area (Å²) in [6.45, 7) is 5.23. The summed E-state index contributed by atoms with van der Waals surface area (Å²) in [5.74, 6) is 0. The van der Waals surface area contributed by atoms with Crippen LogP contribution in [-0.2, 0) is 4.74 Å². The van der Waals surface area contributed by atoms with Gasteiger partial charge in [0.1, 0.15) is 0 Å². The minimum absolute atomic E-state index is 0.0964. The Morgan fingerprint density at radius 3 is 2.58 bits per heavy atom. The summed E-state index contributed by atoms with van der Waals surface area (Å²) in [5, 5.41) is 11.7. The maximum Gasteiger partial charge on any atom is 0.0901 e. The van der Waals surface area contributed by atoms with Crippen LogP contribution in [0.3, 0.4) is 0 Å². The molecule has 72 valence electrons. The van der Waals surface area contributed by atoms with Crippen LogP contribution in [0.5, 0.6) is 0 Å². The first-order chi connectivity index (χ1) is 5.77. The molecule has 0 aromatic carbocycles. The van der Waals surface area contributed by atoms with Crippen LogP contribution in [0.25, 0.3) is 0 Å². The van der Waals surface area contributed by atoms with Gasteiger partial charge in [-0.2, -0.15) is 0 Å². The Morgan fingerprint density at radius 2 is 2.08 bits per heavy atom. The molecule has 3 heteroatoms. The first kappa shape index (κ1) is 9.96. The molecule has 1 aliphatic rings. The monoisotopic (exact) mass is 173 g/mol. The highest BCUT2D eigenvalue weighted by molar-refractivity contribution is 4.89. The van der Waals surface area contributed by atoms with Gasteiger partial charge in [-0.05, 0) is 26.2 Å². The Kier molecular flexibility index (Phi) is 3.98. The number of ether oxygens (including phenoxy) is 1. The second kappa shape index (κ2) is 4.80. The third-order valence-electron chi connectivity index (χ3n) is 2.25. The summed E-state index contributed by atoms with van der Waals surface area (Å²) in [6.07, 6.45) is 3.04. The number of aliphatic hydroxyl groups is 1. The molecule has 12 heavy (non-hydrogen) atoms. The number of rotatable bonds is 6. The predicted molar refractivity (Wildman–Crippen MR) is 48.2 cm³/mol. The molecule has 1 heterocycles. The molecule has 1 aliphatic heterocycles. The summed E-state index contributed by atoms with van der Waals surface area (Å²) < 4.78 is 5.67. The van der Waals surface area contributed by atoms with Crippen molar-refractivity contribution >= 4 is 0 Å². The number of aliphatic hydroxyl groups excluding tert-OH is 1. The molecule has 0 atom stereocenters. The average Bonchev–Trinajstić information content (AvgIpc) is 2.01. The van der Waals surface area contributed by atoms with Crippen molar-refractivity contribution in [2.45, 2.75) is 31.8 Å². The summed E-state index contributed by atoms with van der Waals surface area (Å²) in [6, 6.07) is 0. The molecule has 0 aromatic heterocycles. The Bertz CT molecular complexity index is 124. The molecule has 0 saturated carbocycles. The van der Waals surface area contributed by atoms with Gasteiger partial charge in [-0.25, -0.2) is 0 Å². The van der Waals surface area contributed by atoms with Gasteiger partial charge < -0.3 is 15.2 Å². The Labute approximate surface area is 74.1 Å². The third-order valence-corrected chi connectivity index (χ3v) is 2.25. The molecule has 0 unspecified atom stereocenters. The summed E-state index contributed by atoms with van der Waals surface area (Å²) in [4.78, 5) is 0. The van der Waals surface area contributed by atoms with E-state index in [1.807, 2.05) is 0 Å². The van der Waals surface area contributed by atoms with Gasteiger partial charge in [-0.3, -0.25) is 0 Å². The molecule has 0 aliphatic carbocycles. The highest BCUT2D eigenvalue weighted by Crippen LogP contribution is 2.15. The maximum atomic E-state index is 8.53. The molecular weight excluding hydrogens is 154 g/mol. The van der Waals surface area contributed by atoms with Crippen molar-refractivity contribution in [1.29, 1.82) is 0 Å². The minimum Gasteiger partial charge on any atom is -0.396 e. The van der Waals surface area contributed by atoms with E-state index >= 15 is 0 Å². The van der Waals surface area contributed by atoms with Gasteiger partial charge in [0, 0.05) is 26.3 Å². The lowest BCUT2D eigenvalue weighted by Crippen LogP contribution is -2.59. The molecule has 1 saturated heterocycles. The minimum atomic E-state index is 0.0964. The zero-order valence-corrected chi connectivity index (χ0v) is 7.81. The van der Waals surface area contributed by atoms with Crippen molar-refractivity contribution in [2.24, 2.45) is 0 Å². The molecule has 0 aromatic rings. The Morgan fingerprint density at radius 1 is 1.33 bits per heavy atom. The number of unbranched alkanes of at least 4 members (excludes halogenated alkanes) is 2. The molecule has 3 nitrogen and oxygen atoms in total. The van der Waals surface area contributed by atoms with Gasteiger partial charge in [-0.15, -0.1) is 0 Å². The maximum absolute atomic E-state index is 8.53. The van der Waals surface area contributed by atoms with Crippen LogP contribution in [0.2, 0.25) is 0 Å². The van der Waals surface area contributed by atoms with Crippen LogP contribution in [0, 0.1) is 0 Å². The smallest absolute Gasteiger partial charge is 0.0901 e. The number of hydrogen-bond acceptors (Lipinski definition) is 3. The standard InChI is InChI=1S/C9H19NO2/c1-9(7-10-8-9)12-6-4-2-3-5-11/h10-11H,2-8H2,1H3. The number of hydrogen-bond donors (Lipinski definition) is 2. The van der Waals surface area contributed by atoms with Gasteiger partial charge in [0.25, 0.3) is 0 Å². The fourth-order valence-corrected chi connectivity index (χ4v) is 1.29. The van der Waals surface area contributed by atoms with Gasteiger partial charge in [-0.1, -0.05) is 0 Å². The Hall–Kier alpha value is -0.120. The quantitative estimate of drug-likeness (QED) is 0.576. The molecule has 2 N–H and O–H groups in total. The first-order valence-electron chi connectivity index (χ1n) is 4.72. The third kappa shape index (κ3) is 3.09. The lowest BCUT2D eigenvalue weighted by Gasteiger charge is -2.39. The van der Waals surface area contributed by atoms with Crippen molar-refractivity contribution in [3.63, 3.8) is 0 Å². The van der Waals surface area contributed by atoms with E-state index in [1.54, 1.807) is 0 Å². The molecular formula is C9H19NO2. The largest absolute Gasteiger partial charge is 0.396 e. The SMILES string of the molecule is CC1(OCCCCCO)CNC1. The summed E-state index contributed by atoms with van der Waals surface area (Å²) >= 11 is 0. The normalized spacial score (nSPS) is 20.5. The molecule has 0 amide bonds. The molecule has 1 fully saturated rings. The molecule has 0 spiro atoms. The molecule has 0 radical (unpaired) electrons. The molecule has 0 bridgehead atoms. The predicted octanol–water partition coefficient (Wildman–Crippen LogP) is 0.527. The van der Waals surface area contributed by atoms with Crippen molar-refractivity contribution in [3.05, 3.63) is 0 Å². The van der Waals surface area contributed by atoms with E-state index in [0.29, 0.717) is 6.61 Å². The second-order valence-electron chi connectivity index (χ2n) is 3.69. The fourth-order valence-electron chi connectivity index (χ4n) is 1.29. The van der Waals surface area contributed by atoms with E-state index in [9.17, 15) is 0 Å². The van der Waals surface area contributed by atoms with Crippen LogP contribution in [0.4, 0.5) is 0 Å². The van der Waals surface area contributed by atoms with Gasteiger partial charge in [0.2, 0.25) is 0 Å². The van der Waals surface area contributed by atoms with E-state index in [-0.39, 0.29) is 5.60 Å². The van der Waals surface area contributed by atoms with Gasteiger partial charge in [0.05, 0.1) is 5.60 Å². The van der Waals surface area contributed by atoms with Crippen LogP contribution in [0.15, 0.2) is 0 Å². The van der Waals surface area contributed by atoms with Gasteiger partial charge in [0.15, 0.2) is 0 Å². The van der Waals surface area contributed by atoms with E-state index in [1.165, 1.54) is 0 Å². The zero-order valence-electron chi connectivity index (χ0n) is 7.81. The van der Waals surface area contributed by atoms with Crippen LogP contribution in [-0.4, -0.2) is 37.0 Å². The average molecular weight is 173 g/mol. The van der Waals surface area contributed by atoms with Crippen LogP contribution < -0.4 is 5.32 Å². The second-order valence-corrected chi connectivity index (χ2v) is 3.69. The molecule has 1 rings (SSSR count). The van der Waals surface area contributed by atoms with Crippen LogP contribution in [0.1, 0.15) is 26.2 Å². The highest BCUT2D eigenvalue weighted by Gasteiger charge is 2.31. The summed E-state index contributed by atoms with van der Waals surface area (Å²) in [7, 11) is 0. The lowest BCUT2D eigenvalue weighted by atomic mass is 10.0. The van der Waals surface area contributed by atoms with Crippen molar-refractivity contribution in [3.8, 4) is 0 Å². The number of nitrogens with one attached hydrogen (secondary N) is 1. The Balaban J connectivity index is 1.88. The first-order valence-corrected chi connectivity index (χ1v) is 4.72. The van der Waals surface area contributed by atoms with Crippen LogP contribution >= 0.6 is 0 Å². The summed E-state index contributed by atoms with van der Waals surface area (Å²) in [5.41, 5.74) is 0.0964. The highest BCUT2D eigenvalue weighted by atomic mass is 16.5. The topological polar surface area (TPSA) is 41.5 Å². The van der Waals surface area contributed by atoms with E-state index < -0.39 is 0 Å². The van der Waals surface area contributed by atoms with Crippen molar-refractivity contribution in [1.82, 2.24) is 5.32 Å². The van der Waals surface area contributed by atoms with Crippen molar-refractivity contribution < 1.29 is 9.84 Å². The van der Waals surface area contributed by atoms with Crippen molar-refractivity contribution in [2.75, 3.05) is 26.3 Å².